The first-order valence-corrected chi connectivity index (χ1v) is 10.4. The lowest BCUT2D eigenvalue weighted by Crippen LogP contribution is -2.21. The number of rotatable bonds is 4. The van der Waals surface area contributed by atoms with E-state index in [-0.39, 0.29) is 12.2 Å². The molecule has 0 aromatic carbocycles. The van der Waals surface area contributed by atoms with Crippen LogP contribution in [0.1, 0.15) is 36.2 Å². The molecule has 0 atom stereocenters. The van der Waals surface area contributed by atoms with Crippen molar-refractivity contribution in [1.82, 2.24) is 24.3 Å². The van der Waals surface area contributed by atoms with Gasteiger partial charge in [0, 0.05) is 24.2 Å². The van der Waals surface area contributed by atoms with E-state index < -0.39 is 5.82 Å². The molecule has 0 unspecified atom stereocenters. The van der Waals surface area contributed by atoms with Crippen LogP contribution in [0, 0.1) is 5.82 Å². The van der Waals surface area contributed by atoms with Gasteiger partial charge in [-0.1, -0.05) is 6.42 Å². The minimum Gasteiger partial charge on any atom is -0.485 e. The quantitative estimate of drug-likeness (QED) is 0.473. The lowest BCUT2D eigenvalue weighted by Gasteiger charge is -2.08. The van der Waals surface area contributed by atoms with Crippen molar-refractivity contribution >= 4 is 11.0 Å². The van der Waals surface area contributed by atoms with Crippen LogP contribution in [0.5, 0.6) is 5.75 Å². The minimum absolute atomic E-state index is 0.116. The summed E-state index contributed by atoms with van der Waals surface area (Å²) in [6, 6.07) is 8.09. The number of halogens is 1. The standard InChI is InChI=1S/C23H22FN5O2/c1-28-20-6-4-2-3-5-18(20)19-9-10-21(27-23(19)28)29-22(30)11-17(13-26-29)31-14-16-8-7-15(24)12-25-16/h7-13H,2-6,14H2,1H3. The average Bonchev–Trinajstić information content (AvgIpc) is 2.93. The molecule has 0 fully saturated rings. The number of aryl methyl sites for hydroxylation is 2. The van der Waals surface area contributed by atoms with Crippen LogP contribution in [-0.2, 0) is 26.5 Å². The molecule has 0 amide bonds. The van der Waals surface area contributed by atoms with Crippen molar-refractivity contribution in [1.29, 1.82) is 0 Å². The van der Waals surface area contributed by atoms with Crippen molar-refractivity contribution in [2.75, 3.05) is 0 Å². The summed E-state index contributed by atoms with van der Waals surface area (Å²) in [5.74, 6) is 0.381. The molecule has 5 rings (SSSR count). The van der Waals surface area contributed by atoms with E-state index in [0.717, 1.165) is 30.1 Å². The number of aromatic nitrogens is 5. The first kappa shape index (κ1) is 19.4. The van der Waals surface area contributed by atoms with Crippen LogP contribution in [0.2, 0.25) is 0 Å². The summed E-state index contributed by atoms with van der Waals surface area (Å²) >= 11 is 0. The van der Waals surface area contributed by atoms with Gasteiger partial charge in [-0.05, 0) is 55.5 Å². The van der Waals surface area contributed by atoms with Gasteiger partial charge < -0.3 is 9.30 Å². The second-order valence-corrected chi connectivity index (χ2v) is 7.78. The third-order valence-electron chi connectivity index (χ3n) is 5.76. The third kappa shape index (κ3) is 3.69. The maximum absolute atomic E-state index is 13.0. The molecular weight excluding hydrogens is 397 g/mol. The maximum atomic E-state index is 13.0. The third-order valence-corrected chi connectivity index (χ3v) is 5.76. The number of hydrogen-bond acceptors (Lipinski definition) is 5. The molecule has 8 heteroatoms. The lowest BCUT2D eigenvalue weighted by atomic mass is 10.1. The smallest absolute Gasteiger partial charge is 0.276 e. The van der Waals surface area contributed by atoms with Gasteiger partial charge in [0.15, 0.2) is 5.82 Å². The fourth-order valence-electron chi connectivity index (χ4n) is 4.19. The number of ether oxygens (including phenoxy) is 1. The first-order chi connectivity index (χ1) is 15.1. The molecule has 4 heterocycles. The predicted octanol–water partition coefficient (Wildman–Crippen LogP) is 3.50. The van der Waals surface area contributed by atoms with Gasteiger partial charge in [0.25, 0.3) is 5.56 Å². The summed E-state index contributed by atoms with van der Waals surface area (Å²) in [6.45, 7) is 0.116. The number of nitrogens with zero attached hydrogens (tertiary/aromatic N) is 5. The Morgan fingerprint density at radius 3 is 2.77 bits per heavy atom. The molecule has 0 spiro atoms. The van der Waals surface area contributed by atoms with Crippen LogP contribution in [0.3, 0.4) is 0 Å². The van der Waals surface area contributed by atoms with Crippen molar-refractivity contribution in [3.63, 3.8) is 0 Å². The van der Waals surface area contributed by atoms with E-state index >= 15 is 0 Å². The summed E-state index contributed by atoms with van der Waals surface area (Å²) in [7, 11) is 2.04. The van der Waals surface area contributed by atoms with E-state index in [1.807, 2.05) is 19.2 Å². The molecule has 0 bridgehead atoms. The summed E-state index contributed by atoms with van der Waals surface area (Å²) in [4.78, 5) is 21.4. The SMILES string of the molecule is Cn1c2c(c3ccc(-n4ncc(OCc5ccc(F)cn5)cc4=O)nc31)CCCCC2. The van der Waals surface area contributed by atoms with E-state index in [4.69, 9.17) is 9.72 Å². The van der Waals surface area contributed by atoms with E-state index in [2.05, 4.69) is 14.6 Å². The Morgan fingerprint density at radius 1 is 1.10 bits per heavy atom. The van der Waals surface area contributed by atoms with E-state index in [1.54, 1.807) is 0 Å². The molecule has 1 aliphatic rings. The van der Waals surface area contributed by atoms with Crippen molar-refractivity contribution < 1.29 is 9.13 Å². The van der Waals surface area contributed by atoms with Gasteiger partial charge in [0.05, 0.1) is 18.1 Å². The maximum Gasteiger partial charge on any atom is 0.276 e. The molecule has 4 aromatic rings. The highest BCUT2D eigenvalue weighted by atomic mass is 19.1. The Hall–Kier alpha value is -3.55. The van der Waals surface area contributed by atoms with Crippen LogP contribution in [0.4, 0.5) is 4.39 Å². The molecule has 7 nitrogen and oxygen atoms in total. The summed E-state index contributed by atoms with van der Waals surface area (Å²) in [5, 5.41) is 5.39. The highest BCUT2D eigenvalue weighted by Crippen LogP contribution is 2.30. The van der Waals surface area contributed by atoms with E-state index in [9.17, 15) is 9.18 Å². The summed E-state index contributed by atoms with van der Waals surface area (Å²) in [6.07, 6.45) is 8.37. The van der Waals surface area contributed by atoms with Gasteiger partial charge in [0.2, 0.25) is 0 Å². The zero-order valence-corrected chi connectivity index (χ0v) is 17.2. The Kier molecular flexibility index (Phi) is 4.97. The van der Waals surface area contributed by atoms with Gasteiger partial charge in [-0.3, -0.25) is 9.78 Å². The average molecular weight is 419 g/mol. The van der Waals surface area contributed by atoms with Crippen molar-refractivity contribution in [3.8, 4) is 11.6 Å². The van der Waals surface area contributed by atoms with Gasteiger partial charge in [0.1, 0.15) is 23.8 Å². The second-order valence-electron chi connectivity index (χ2n) is 7.78. The Balaban J connectivity index is 1.42. The van der Waals surface area contributed by atoms with E-state index in [1.165, 1.54) is 59.6 Å². The molecule has 4 aromatic heterocycles. The Labute approximate surface area is 178 Å². The van der Waals surface area contributed by atoms with Crippen LogP contribution in [-0.4, -0.2) is 24.3 Å². The fourth-order valence-corrected chi connectivity index (χ4v) is 4.19. The predicted molar refractivity (Wildman–Crippen MR) is 114 cm³/mol. The van der Waals surface area contributed by atoms with Crippen LogP contribution < -0.4 is 10.3 Å². The molecule has 0 aliphatic heterocycles. The Bertz CT molecular complexity index is 1310. The molecule has 1 aliphatic carbocycles. The van der Waals surface area contributed by atoms with Crippen molar-refractivity contribution in [3.05, 3.63) is 75.8 Å². The lowest BCUT2D eigenvalue weighted by molar-refractivity contribution is 0.298. The van der Waals surface area contributed by atoms with Crippen molar-refractivity contribution in [2.45, 2.75) is 38.7 Å². The number of pyridine rings is 2. The molecule has 0 N–H and O–H groups in total. The number of hydrogen-bond donors (Lipinski definition) is 0. The topological polar surface area (TPSA) is 74.8 Å². The van der Waals surface area contributed by atoms with Gasteiger partial charge >= 0.3 is 0 Å². The molecule has 0 saturated heterocycles. The van der Waals surface area contributed by atoms with Crippen LogP contribution >= 0.6 is 0 Å². The van der Waals surface area contributed by atoms with Gasteiger partial charge in [-0.25, -0.2) is 9.37 Å². The van der Waals surface area contributed by atoms with Crippen LogP contribution in [0.25, 0.3) is 16.9 Å². The highest BCUT2D eigenvalue weighted by molar-refractivity contribution is 5.83. The zero-order valence-electron chi connectivity index (χ0n) is 17.2. The minimum atomic E-state index is -0.410. The monoisotopic (exact) mass is 419 g/mol. The molecular formula is C23H22FN5O2. The largest absolute Gasteiger partial charge is 0.485 e. The van der Waals surface area contributed by atoms with E-state index in [0.29, 0.717) is 17.3 Å². The highest BCUT2D eigenvalue weighted by Gasteiger charge is 2.19. The molecule has 31 heavy (non-hydrogen) atoms. The molecule has 0 saturated carbocycles. The van der Waals surface area contributed by atoms with Gasteiger partial charge in [-0.2, -0.15) is 9.78 Å². The molecule has 0 radical (unpaired) electrons. The summed E-state index contributed by atoms with van der Waals surface area (Å²) < 4.78 is 21.9. The summed E-state index contributed by atoms with van der Waals surface area (Å²) in [5.41, 5.74) is 3.82. The van der Waals surface area contributed by atoms with Crippen LogP contribution in [0.15, 0.2) is 47.5 Å². The Morgan fingerprint density at radius 2 is 1.97 bits per heavy atom. The molecule has 158 valence electrons. The van der Waals surface area contributed by atoms with Gasteiger partial charge in [-0.15, -0.1) is 0 Å². The van der Waals surface area contributed by atoms with Crippen molar-refractivity contribution in [2.24, 2.45) is 7.05 Å². The first-order valence-electron chi connectivity index (χ1n) is 10.4. The second kappa shape index (κ2) is 7.94. The normalized spacial score (nSPS) is 13.7. The number of fused-ring (bicyclic) bond motifs is 3. The fraction of sp³-hybridized carbons (Fsp3) is 0.304. The zero-order chi connectivity index (χ0) is 21.4.